The van der Waals surface area contributed by atoms with E-state index in [4.69, 9.17) is 19.0 Å². The molecule has 4 aromatic rings. The molecule has 4 rings (SSSR count). The van der Waals surface area contributed by atoms with Crippen LogP contribution in [0, 0.1) is 20.8 Å². The van der Waals surface area contributed by atoms with Crippen LogP contribution in [0.5, 0.6) is 11.5 Å². The second kappa shape index (κ2) is 8.28. The summed E-state index contributed by atoms with van der Waals surface area (Å²) < 4.78 is 16.1. The van der Waals surface area contributed by atoms with Gasteiger partial charge in [-0.25, -0.2) is 4.98 Å². The van der Waals surface area contributed by atoms with E-state index in [1.54, 1.807) is 25.6 Å². The second-order valence-electron chi connectivity index (χ2n) is 7.14. The highest BCUT2D eigenvalue weighted by molar-refractivity contribution is 7.10. The average molecular weight is 422 g/mol. The number of nitrogens with zero attached hydrogens (tertiary/aromatic N) is 3. The summed E-state index contributed by atoms with van der Waals surface area (Å²) >= 11 is 1.60. The van der Waals surface area contributed by atoms with Crippen LogP contribution in [0.15, 0.2) is 40.2 Å². The molecule has 0 unspecified atom stereocenters. The Balaban J connectivity index is 1.55. The number of ether oxygens (including phenoxy) is 2. The van der Waals surface area contributed by atoms with Gasteiger partial charge in [0.25, 0.3) is 0 Å². The number of rotatable bonds is 6. The van der Waals surface area contributed by atoms with Crippen LogP contribution in [0.1, 0.15) is 27.6 Å². The molecule has 0 saturated heterocycles. The van der Waals surface area contributed by atoms with E-state index in [2.05, 4.69) is 48.4 Å². The lowest BCUT2D eigenvalue weighted by Crippen LogP contribution is -1.92. The Hall–Kier alpha value is -3.19. The third kappa shape index (κ3) is 3.93. The molecule has 2 aromatic heterocycles. The molecular weight excluding hydrogens is 398 g/mol. The number of methoxy groups -OCH3 is 2. The van der Waals surface area contributed by atoms with Crippen LogP contribution in [0.3, 0.4) is 0 Å². The summed E-state index contributed by atoms with van der Waals surface area (Å²) in [6.45, 7) is 6.37. The predicted octanol–water partition coefficient (Wildman–Crippen LogP) is 5.39. The largest absolute Gasteiger partial charge is 0.493 e. The zero-order chi connectivity index (χ0) is 21.3. The average Bonchev–Trinajstić information content (AvgIpc) is 3.40. The third-order valence-corrected chi connectivity index (χ3v) is 5.93. The molecule has 0 aliphatic carbocycles. The molecule has 0 atom stereocenters. The van der Waals surface area contributed by atoms with Gasteiger partial charge < -0.3 is 14.0 Å². The predicted molar refractivity (Wildman–Crippen MR) is 117 cm³/mol. The van der Waals surface area contributed by atoms with Crippen molar-refractivity contribution in [3.63, 3.8) is 0 Å². The fourth-order valence-electron chi connectivity index (χ4n) is 3.30. The van der Waals surface area contributed by atoms with Crippen molar-refractivity contribution < 1.29 is 14.0 Å². The van der Waals surface area contributed by atoms with Crippen LogP contribution in [-0.4, -0.2) is 29.3 Å². The lowest BCUT2D eigenvalue weighted by molar-refractivity contribution is 0.355. The quantitative estimate of drug-likeness (QED) is 0.415. The molecule has 0 aliphatic rings. The highest BCUT2D eigenvalue weighted by atomic mass is 32.1. The minimum absolute atomic E-state index is 0.495. The van der Waals surface area contributed by atoms with Gasteiger partial charge in [-0.3, -0.25) is 0 Å². The van der Waals surface area contributed by atoms with Crippen LogP contribution in [0.4, 0.5) is 0 Å². The zero-order valence-electron chi connectivity index (χ0n) is 17.6. The van der Waals surface area contributed by atoms with E-state index in [0.29, 0.717) is 29.6 Å². The van der Waals surface area contributed by atoms with Gasteiger partial charge in [0.15, 0.2) is 11.5 Å². The van der Waals surface area contributed by atoms with E-state index < -0.39 is 0 Å². The first-order valence-corrected chi connectivity index (χ1v) is 10.4. The van der Waals surface area contributed by atoms with Crippen molar-refractivity contribution in [3.8, 4) is 34.1 Å². The van der Waals surface area contributed by atoms with Crippen LogP contribution < -0.4 is 9.47 Å². The number of hydrogen-bond acceptors (Lipinski definition) is 7. The summed E-state index contributed by atoms with van der Waals surface area (Å²) in [6, 6.07) is 9.93. The van der Waals surface area contributed by atoms with Gasteiger partial charge in [-0.15, -0.1) is 11.3 Å². The SMILES string of the molecule is COc1ccc(-c2noc(Cc3nc(-c4cc(C)c(C)cc4C)cs3)n2)cc1OC. The molecule has 6 nitrogen and oxygen atoms in total. The first-order chi connectivity index (χ1) is 14.5. The topological polar surface area (TPSA) is 70.3 Å². The monoisotopic (exact) mass is 421 g/mol. The van der Waals surface area contributed by atoms with E-state index in [-0.39, 0.29) is 0 Å². The summed E-state index contributed by atoms with van der Waals surface area (Å²) in [5.41, 5.74) is 6.73. The maximum atomic E-state index is 5.46. The summed E-state index contributed by atoms with van der Waals surface area (Å²) in [5, 5.41) is 7.12. The molecule has 7 heteroatoms. The van der Waals surface area contributed by atoms with Crippen molar-refractivity contribution in [2.24, 2.45) is 0 Å². The Morgan fingerprint density at radius 2 is 1.67 bits per heavy atom. The van der Waals surface area contributed by atoms with Crippen molar-refractivity contribution in [2.75, 3.05) is 14.2 Å². The van der Waals surface area contributed by atoms with E-state index >= 15 is 0 Å². The Morgan fingerprint density at radius 3 is 2.43 bits per heavy atom. The Bertz CT molecular complexity index is 1200. The maximum Gasteiger partial charge on any atom is 0.233 e. The lowest BCUT2D eigenvalue weighted by Gasteiger charge is -2.07. The maximum absolute atomic E-state index is 5.46. The summed E-state index contributed by atoms with van der Waals surface area (Å²) in [4.78, 5) is 9.32. The molecule has 0 bridgehead atoms. The highest BCUT2D eigenvalue weighted by Gasteiger charge is 2.15. The first-order valence-electron chi connectivity index (χ1n) is 9.56. The van der Waals surface area contributed by atoms with Crippen molar-refractivity contribution in [2.45, 2.75) is 27.2 Å². The van der Waals surface area contributed by atoms with Gasteiger partial charge in [-0.05, 0) is 61.7 Å². The Kier molecular flexibility index (Phi) is 5.55. The van der Waals surface area contributed by atoms with E-state index in [0.717, 1.165) is 21.8 Å². The van der Waals surface area contributed by atoms with E-state index in [1.165, 1.54) is 16.7 Å². The van der Waals surface area contributed by atoms with Gasteiger partial charge in [0.05, 0.1) is 26.3 Å². The minimum atomic E-state index is 0.495. The summed E-state index contributed by atoms with van der Waals surface area (Å²) in [6.07, 6.45) is 0.495. The van der Waals surface area contributed by atoms with Gasteiger partial charge in [0, 0.05) is 16.5 Å². The van der Waals surface area contributed by atoms with Crippen molar-refractivity contribution in [1.82, 2.24) is 15.1 Å². The molecule has 0 fully saturated rings. The Morgan fingerprint density at radius 1 is 0.900 bits per heavy atom. The second-order valence-corrected chi connectivity index (χ2v) is 8.08. The van der Waals surface area contributed by atoms with Gasteiger partial charge in [0.2, 0.25) is 11.7 Å². The van der Waals surface area contributed by atoms with Crippen molar-refractivity contribution in [3.05, 3.63) is 63.3 Å². The third-order valence-electron chi connectivity index (χ3n) is 5.08. The van der Waals surface area contributed by atoms with E-state index in [1.807, 2.05) is 18.2 Å². The molecule has 0 saturated carbocycles. The number of aromatic nitrogens is 3. The molecule has 2 aromatic carbocycles. The van der Waals surface area contributed by atoms with Crippen LogP contribution in [0.25, 0.3) is 22.6 Å². The normalized spacial score (nSPS) is 11.0. The molecule has 0 amide bonds. The number of aryl methyl sites for hydroxylation is 3. The molecular formula is C23H23N3O3S. The van der Waals surface area contributed by atoms with Crippen molar-refractivity contribution >= 4 is 11.3 Å². The number of hydrogen-bond donors (Lipinski definition) is 0. The van der Waals surface area contributed by atoms with E-state index in [9.17, 15) is 0 Å². The van der Waals surface area contributed by atoms with Crippen LogP contribution in [-0.2, 0) is 6.42 Å². The smallest absolute Gasteiger partial charge is 0.233 e. The Labute approximate surface area is 179 Å². The van der Waals surface area contributed by atoms with Gasteiger partial charge >= 0.3 is 0 Å². The van der Waals surface area contributed by atoms with Crippen molar-refractivity contribution in [1.29, 1.82) is 0 Å². The highest BCUT2D eigenvalue weighted by Crippen LogP contribution is 2.32. The van der Waals surface area contributed by atoms with Crippen LogP contribution >= 0.6 is 11.3 Å². The fourth-order valence-corrected chi connectivity index (χ4v) is 4.09. The number of benzene rings is 2. The molecule has 0 aliphatic heterocycles. The zero-order valence-corrected chi connectivity index (χ0v) is 18.5. The first kappa shape index (κ1) is 20.1. The number of thiazole rings is 1. The van der Waals surface area contributed by atoms with Gasteiger partial charge in [-0.1, -0.05) is 11.2 Å². The molecule has 2 heterocycles. The molecule has 154 valence electrons. The van der Waals surface area contributed by atoms with Gasteiger partial charge in [-0.2, -0.15) is 4.98 Å². The molecule has 0 N–H and O–H groups in total. The van der Waals surface area contributed by atoms with Gasteiger partial charge in [0.1, 0.15) is 5.01 Å². The molecule has 30 heavy (non-hydrogen) atoms. The molecule has 0 spiro atoms. The summed E-state index contributed by atoms with van der Waals surface area (Å²) in [7, 11) is 3.20. The fraction of sp³-hybridized carbons (Fsp3) is 0.261. The van der Waals surface area contributed by atoms with Crippen LogP contribution in [0.2, 0.25) is 0 Å². The minimum Gasteiger partial charge on any atom is -0.493 e. The molecule has 0 radical (unpaired) electrons. The standard InChI is InChI=1S/C23H23N3O3S/c1-13-8-15(3)17(9-14(13)2)18-12-30-22(24-18)11-21-25-23(26-29-21)16-6-7-19(27-4)20(10-16)28-5/h6-10,12H,11H2,1-5H3. The lowest BCUT2D eigenvalue weighted by atomic mass is 9.99. The summed E-state index contributed by atoms with van der Waals surface area (Å²) in [5.74, 6) is 2.31.